The Kier molecular flexibility index (Phi) is 5.53. The van der Waals surface area contributed by atoms with Crippen LogP contribution in [0.1, 0.15) is 44.7 Å². The Bertz CT molecular complexity index is 926. The summed E-state index contributed by atoms with van der Waals surface area (Å²) in [6.07, 6.45) is 8.60. The van der Waals surface area contributed by atoms with E-state index in [1.165, 1.54) is 37.8 Å². The lowest BCUT2D eigenvalue weighted by Gasteiger charge is -2.31. The van der Waals surface area contributed by atoms with Crippen LogP contribution in [0, 0.1) is 0 Å². The lowest BCUT2D eigenvalue weighted by molar-refractivity contribution is 0.182. The minimum Gasteiger partial charge on any atom is -0.494 e. The van der Waals surface area contributed by atoms with Crippen molar-refractivity contribution in [1.29, 1.82) is 0 Å². The molecule has 1 aromatic carbocycles. The monoisotopic (exact) mass is 378 g/mol. The number of rotatable bonds is 6. The minimum absolute atomic E-state index is 0.647. The summed E-state index contributed by atoms with van der Waals surface area (Å²) in [6, 6.07) is 12.8. The molecule has 3 aromatic rings. The summed E-state index contributed by atoms with van der Waals surface area (Å²) < 4.78 is 7.75. The van der Waals surface area contributed by atoms with Crippen LogP contribution >= 0.6 is 0 Å². The quantitative estimate of drug-likeness (QED) is 0.673. The van der Waals surface area contributed by atoms with Crippen LogP contribution in [0.2, 0.25) is 0 Å². The highest BCUT2D eigenvalue weighted by Gasteiger charge is 2.22. The number of aromatic nitrogens is 2. The third-order valence-electron chi connectivity index (χ3n) is 5.78. The van der Waals surface area contributed by atoms with E-state index in [2.05, 4.69) is 28.5 Å². The number of nitrogens with zero attached hydrogens (tertiary/aromatic N) is 3. The number of hydrogen-bond acceptors (Lipinski definition) is 4. The first kappa shape index (κ1) is 18.8. The van der Waals surface area contributed by atoms with Crippen LogP contribution in [0.3, 0.4) is 0 Å². The highest BCUT2D eigenvalue weighted by atomic mass is 16.5. The first-order valence-electron chi connectivity index (χ1n) is 10.4. The van der Waals surface area contributed by atoms with E-state index in [0.29, 0.717) is 12.6 Å². The maximum Gasteiger partial charge on any atom is 0.137 e. The van der Waals surface area contributed by atoms with Crippen molar-refractivity contribution in [2.75, 3.05) is 19.4 Å². The Morgan fingerprint density at radius 3 is 2.57 bits per heavy atom. The number of nitrogen functional groups attached to an aromatic ring is 1. The molecule has 148 valence electrons. The fourth-order valence-electron chi connectivity index (χ4n) is 4.25. The molecule has 0 bridgehead atoms. The van der Waals surface area contributed by atoms with E-state index >= 15 is 0 Å². The average Bonchev–Trinajstić information content (AvgIpc) is 3.07. The lowest BCUT2D eigenvalue weighted by atomic mass is 9.94. The number of ether oxygens (including phenoxy) is 1. The zero-order chi connectivity index (χ0) is 19.5. The molecular formula is C23H30N4O. The normalized spacial score (nSPS) is 15.4. The topological polar surface area (TPSA) is 55.8 Å². The van der Waals surface area contributed by atoms with Gasteiger partial charge in [0.15, 0.2) is 0 Å². The van der Waals surface area contributed by atoms with Gasteiger partial charge in [-0.3, -0.25) is 4.90 Å². The smallest absolute Gasteiger partial charge is 0.137 e. The van der Waals surface area contributed by atoms with Crippen molar-refractivity contribution in [3.63, 3.8) is 0 Å². The Morgan fingerprint density at radius 1 is 1.11 bits per heavy atom. The summed E-state index contributed by atoms with van der Waals surface area (Å²) in [5, 5.41) is 0. The molecule has 4 rings (SSSR count). The molecule has 1 aliphatic rings. The average molecular weight is 379 g/mol. The Hall–Kier alpha value is -2.53. The van der Waals surface area contributed by atoms with Gasteiger partial charge in [-0.1, -0.05) is 19.3 Å². The second-order valence-corrected chi connectivity index (χ2v) is 7.76. The fourth-order valence-corrected chi connectivity index (χ4v) is 4.25. The predicted octanol–water partition coefficient (Wildman–Crippen LogP) is 4.75. The number of anilines is 1. The number of benzene rings is 1. The van der Waals surface area contributed by atoms with E-state index in [0.717, 1.165) is 34.9 Å². The number of fused-ring (bicyclic) bond motifs is 1. The Labute approximate surface area is 167 Å². The van der Waals surface area contributed by atoms with E-state index in [4.69, 9.17) is 15.5 Å². The maximum absolute atomic E-state index is 6.09. The van der Waals surface area contributed by atoms with E-state index in [-0.39, 0.29) is 0 Å². The number of imidazole rings is 1. The number of nitrogens with two attached hydrogens (primary N) is 1. The van der Waals surface area contributed by atoms with Gasteiger partial charge in [0, 0.05) is 30.0 Å². The van der Waals surface area contributed by atoms with Gasteiger partial charge in [0.05, 0.1) is 18.0 Å². The molecule has 0 unspecified atom stereocenters. The van der Waals surface area contributed by atoms with E-state index < -0.39 is 0 Å². The zero-order valence-corrected chi connectivity index (χ0v) is 16.9. The van der Waals surface area contributed by atoms with Crippen LogP contribution in [0.15, 0.2) is 42.6 Å². The fraction of sp³-hybridized carbons (Fsp3) is 0.435. The number of pyridine rings is 1. The molecule has 0 aliphatic heterocycles. The predicted molar refractivity (Wildman–Crippen MR) is 115 cm³/mol. The lowest BCUT2D eigenvalue weighted by Crippen LogP contribution is -2.33. The standard InChI is InChI=1S/C23H30N4O/c1-3-28-20-12-9-17(10-13-20)23-21(16-26(2)19-7-5-4-6-8-19)27-15-18(24)11-14-22(27)25-23/h9-15,19H,3-8,16,24H2,1-2H3. The highest BCUT2D eigenvalue weighted by Crippen LogP contribution is 2.30. The van der Waals surface area contributed by atoms with Crippen LogP contribution in [-0.4, -0.2) is 34.0 Å². The first-order valence-corrected chi connectivity index (χ1v) is 10.4. The van der Waals surface area contributed by atoms with Crippen molar-refractivity contribution in [3.05, 3.63) is 48.3 Å². The largest absolute Gasteiger partial charge is 0.494 e. The molecule has 1 saturated carbocycles. The van der Waals surface area contributed by atoms with Crippen LogP contribution in [0.4, 0.5) is 5.69 Å². The van der Waals surface area contributed by atoms with Crippen LogP contribution in [-0.2, 0) is 6.54 Å². The van der Waals surface area contributed by atoms with Gasteiger partial charge in [-0.2, -0.15) is 0 Å². The van der Waals surface area contributed by atoms with Gasteiger partial charge < -0.3 is 14.9 Å². The van der Waals surface area contributed by atoms with E-state index in [1.54, 1.807) is 0 Å². The van der Waals surface area contributed by atoms with Crippen molar-refractivity contribution in [2.24, 2.45) is 0 Å². The molecule has 0 atom stereocenters. The van der Waals surface area contributed by atoms with Crippen LogP contribution in [0.5, 0.6) is 5.75 Å². The summed E-state index contributed by atoms with van der Waals surface area (Å²) >= 11 is 0. The third-order valence-corrected chi connectivity index (χ3v) is 5.78. The highest BCUT2D eigenvalue weighted by molar-refractivity contribution is 5.68. The van der Waals surface area contributed by atoms with Gasteiger partial charge in [-0.05, 0) is 63.2 Å². The molecule has 2 N–H and O–H groups in total. The van der Waals surface area contributed by atoms with Gasteiger partial charge in [0.25, 0.3) is 0 Å². The minimum atomic E-state index is 0.647. The summed E-state index contributed by atoms with van der Waals surface area (Å²) in [5.41, 5.74) is 11.1. The SMILES string of the molecule is CCOc1ccc(-c2nc3ccc(N)cn3c2CN(C)C2CCCCC2)cc1. The molecule has 0 spiro atoms. The van der Waals surface area contributed by atoms with Crippen molar-refractivity contribution in [1.82, 2.24) is 14.3 Å². The van der Waals surface area contributed by atoms with Crippen molar-refractivity contribution >= 4 is 11.3 Å². The van der Waals surface area contributed by atoms with Crippen LogP contribution in [0.25, 0.3) is 16.9 Å². The van der Waals surface area contributed by atoms with E-state index in [9.17, 15) is 0 Å². The third kappa shape index (κ3) is 3.85. The number of hydrogen-bond donors (Lipinski definition) is 1. The Morgan fingerprint density at radius 2 is 1.86 bits per heavy atom. The molecule has 1 aliphatic carbocycles. The molecule has 0 radical (unpaired) electrons. The molecule has 2 heterocycles. The molecule has 0 amide bonds. The zero-order valence-electron chi connectivity index (χ0n) is 16.9. The van der Waals surface area contributed by atoms with Gasteiger partial charge in [-0.25, -0.2) is 4.98 Å². The molecule has 5 nitrogen and oxygen atoms in total. The second kappa shape index (κ2) is 8.23. The summed E-state index contributed by atoms with van der Waals surface area (Å²) in [7, 11) is 2.24. The van der Waals surface area contributed by atoms with Crippen molar-refractivity contribution in [2.45, 2.75) is 51.6 Å². The molecule has 1 fully saturated rings. The Balaban J connectivity index is 1.71. The molecule has 0 saturated heterocycles. The van der Waals surface area contributed by atoms with Gasteiger partial charge in [0.2, 0.25) is 0 Å². The maximum atomic E-state index is 6.09. The summed E-state index contributed by atoms with van der Waals surface area (Å²) in [5.74, 6) is 0.889. The van der Waals surface area contributed by atoms with Gasteiger partial charge in [0.1, 0.15) is 11.4 Å². The van der Waals surface area contributed by atoms with E-state index in [1.807, 2.05) is 37.4 Å². The van der Waals surface area contributed by atoms with Gasteiger partial charge >= 0.3 is 0 Å². The first-order chi connectivity index (χ1) is 13.7. The second-order valence-electron chi connectivity index (χ2n) is 7.76. The molecule has 28 heavy (non-hydrogen) atoms. The van der Waals surface area contributed by atoms with Crippen molar-refractivity contribution < 1.29 is 4.74 Å². The molecule has 2 aromatic heterocycles. The van der Waals surface area contributed by atoms with Crippen molar-refractivity contribution in [3.8, 4) is 17.0 Å². The molecule has 5 heteroatoms. The molecular weight excluding hydrogens is 348 g/mol. The summed E-state index contributed by atoms with van der Waals surface area (Å²) in [4.78, 5) is 7.43. The van der Waals surface area contributed by atoms with Crippen LogP contribution < -0.4 is 10.5 Å². The summed E-state index contributed by atoms with van der Waals surface area (Å²) in [6.45, 7) is 3.53. The van der Waals surface area contributed by atoms with Gasteiger partial charge in [-0.15, -0.1) is 0 Å².